The number of fused-ring (bicyclic) bond motifs is 1. The van der Waals surface area contributed by atoms with Gasteiger partial charge in [-0.15, -0.1) is 10.2 Å². The third kappa shape index (κ3) is 9.36. The van der Waals surface area contributed by atoms with Gasteiger partial charge < -0.3 is 23.9 Å². The highest BCUT2D eigenvalue weighted by atomic mass is 28.4. The van der Waals surface area contributed by atoms with Gasteiger partial charge in [-0.05, 0) is 65.9 Å². The lowest BCUT2D eigenvalue weighted by Crippen LogP contribution is -2.49. The van der Waals surface area contributed by atoms with E-state index in [0.717, 1.165) is 61.9 Å². The average Bonchev–Trinajstić information content (AvgIpc) is 3.73. The summed E-state index contributed by atoms with van der Waals surface area (Å²) in [5, 5.41) is 19.0. The van der Waals surface area contributed by atoms with E-state index < -0.39 is 8.32 Å². The normalized spacial score (nSPS) is 20.8. The van der Waals surface area contributed by atoms with Crippen LogP contribution in [0.4, 0.5) is 16.6 Å². The molecule has 52 heavy (non-hydrogen) atoms. The van der Waals surface area contributed by atoms with Gasteiger partial charge in [0.05, 0.1) is 12.2 Å². The van der Waals surface area contributed by atoms with Crippen LogP contribution < -0.4 is 20.3 Å². The lowest BCUT2D eigenvalue weighted by Gasteiger charge is -2.43. The van der Waals surface area contributed by atoms with Crippen molar-refractivity contribution in [1.29, 1.82) is 0 Å². The number of nitrogens with one attached hydrogen (secondary N) is 2. The molecule has 3 aromatic heterocycles. The quantitative estimate of drug-likeness (QED) is 0.188. The van der Waals surface area contributed by atoms with E-state index in [1.807, 2.05) is 61.7 Å². The van der Waals surface area contributed by atoms with Gasteiger partial charge in [-0.25, -0.2) is 4.79 Å². The van der Waals surface area contributed by atoms with Gasteiger partial charge in [0.2, 0.25) is 5.95 Å². The fourth-order valence-corrected chi connectivity index (χ4v) is 13.5. The van der Waals surface area contributed by atoms with Crippen molar-refractivity contribution in [3.63, 3.8) is 0 Å². The largest absolute Gasteiger partial charge is 0.489 e. The topological polar surface area (TPSA) is 119 Å². The number of rotatable bonds is 11. The van der Waals surface area contributed by atoms with E-state index >= 15 is 0 Å². The first kappa shape index (κ1) is 39.3. The number of hydrogen-bond acceptors (Lipinski definition) is 8. The number of pyridine rings is 1. The van der Waals surface area contributed by atoms with Gasteiger partial charge >= 0.3 is 6.03 Å². The van der Waals surface area contributed by atoms with Gasteiger partial charge in [-0.3, -0.25) is 9.72 Å². The van der Waals surface area contributed by atoms with Gasteiger partial charge in [0.25, 0.3) is 0 Å². The maximum absolute atomic E-state index is 13.0. The first-order valence-corrected chi connectivity index (χ1v) is 21.3. The molecule has 0 aromatic carbocycles. The van der Waals surface area contributed by atoms with Crippen molar-refractivity contribution in [2.24, 2.45) is 5.92 Å². The molecular formula is C40H61N7O4Si. The van der Waals surface area contributed by atoms with Gasteiger partial charge in [-0.1, -0.05) is 98.4 Å². The number of ether oxygens (including phenoxy) is 1. The molecule has 4 heterocycles. The lowest BCUT2D eigenvalue weighted by atomic mass is 9.93. The summed E-state index contributed by atoms with van der Waals surface area (Å²) in [6.45, 7) is 27.1. The summed E-state index contributed by atoms with van der Waals surface area (Å²) < 4.78 is 21.0. The highest BCUT2D eigenvalue weighted by molar-refractivity contribution is 6.77. The summed E-state index contributed by atoms with van der Waals surface area (Å²) in [6.07, 6.45) is 14.1. The Balaban J connectivity index is 1.20. The number of carbonyl (C=O) groups is 1. The molecule has 11 nitrogen and oxygen atoms in total. The molecule has 3 aromatic rings. The molecule has 1 aliphatic carbocycles. The zero-order valence-corrected chi connectivity index (χ0v) is 33.8. The van der Waals surface area contributed by atoms with Crippen LogP contribution in [0.1, 0.15) is 100 Å². The maximum Gasteiger partial charge on any atom is 0.320 e. The Morgan fingerprint density at radius 1 is 1.02 bits per heavy atom. The number of allylic oxidation sites excluding steroid dienone is 2. The second kappa shape index (κ2) is 16.8. The first-order valence-electron chi connectivity index (χ1n) is 19.1. The van der Waals surface area contributed by atoms with Crippen LogP contribution in [-0.4, -0.2) is 65.9 Å². The standard InChI is InChI=1S/C40H61N7O4Si/c1-27(2)52(28(3)4,29(5)6)49-26-31-20-22-46(23-21-31)39-44-43-37-19-17-33(25-47(37)39)50-32-15-13-11-12-14-30(7)34(18-16-32)41-38(48)42-36-24-35(51-45-36)40(8,9)10/h11-14,17,19,24-25,27-29,31-32,34H,7,15-16,18,20-23,26H2,1-6,8-10H3,(H2,41,42,45,48)/b13-11-,14-12-/t32-,34-/m0/s1. The molecule has 0 saturated carbocycles. The van der Waals surface area contributed by atoms with Gasteiger partial charge in [0, 0.05) is 37.6 Å². The summed E-state index contributed by atoms with van der Waals surface area (Å²) in [6, 6.07) is 5.02. The summed E-state index contributed by atoms with van der Waals surface area (Å²) >= 11 is 0. The Kier molecular flexibility index (Phi) is 12.7. The Bertz CT molecular complexity index is 1690. The molecule has 1 saturated heterocycles. The molecule has 0 radical (unpaired) electrons. The third-order valence-corrected chi connectivity index (χ3v) is 16.9. The SMILES string of the molecule is C=C1/C=C\C=C/C[C@H](Oc2ccc3nnc(N4CCC(CO[Si](C(C)C)(C(C)C)C(C)C)CC4)n3c2)CC[C@@H]1NC(=O)Nc1cc(C(C)(C)C)on1. The van der Waals surface area contributed by atoms with Crippen LogP contribution in [0.15, 0.2) is 65.4 Å². The van der Waals surface area contributed by atoms with Crippen LogP contribution >= 0.6 is 0 Å². The Morgan fingerprint density at radius 3 is 2.38 bits per heavy atom. The summed E-state index contributed by atoms with van der Waals surface area (Å²) in [5.74, 6) is 3.22. The van der Waals surface area contributed by atoms with Crippen LogP contribution in [0, 0.1) is 5.92 Å². The molecule has 2 aliphatic rings. The van der Waals surface area contributed by atoms with Crippen LogP contribution in [0.3, 0.4) is 0 Å². The first-order chi connectivity index (χ1) is 24.7. The van der Waals surface area contributed by atoms with Crippen molar-refractivity contribution >= 4 is 31.8 Å². The fourth-order valence-electron chi connectivity index (χ4n) is 7.93. The highest BCUT2D eigenvalue weighted by Gasteiger charge is 2.45. The number of hydrogen-bond donors (Lipinski definition) is 2. The molecule has 1 fully saturated rings. The molecule has 5 rings (SSSR count). The van der Waals surface area contributed by atoms with Gasteiger partial charge in [-0.2, -0.15) is 0 Å². The second-order valence-corrected chi connectivity index (χ2v) is 22.0. The van der Waals surface area contributed by atoms with Gasteiger partial charge in [0.15, 0.2) is 19.8 Å². The van der Waals surface area contributed by atoms with Crippen molar-refractivity contribution in [1.82, 2.24) is 25.1 Å². The number of carbonyl (C=O) groups excluding carboxylic acids is 1. The number of aromatic nitrogens is 4. The molecule has 0 bridgehead atoms. The predicted molar refractivity (Wildman–Crippen MR) is 212 cm³/mol. The van der Waals surface area contributed by atoms with Crippen LogP contribution in [0.2, 0.25) is 16.6 Å². The fraction of sp³-hybridized carbons (Fsp3) is 0.600. The zero-order valence-electron chi connectivity index (χ0n) is 32.8. The van der Waals surface area contributed by atoms with Crippen molar-refractivity contribution in [2.45, 2.75) is 129 Å². The summed E-state index contributed by atoms with van der Waals surface area (Å²) in [4.78, 5) is 15.3. The van der Waals surface area contributed by atoms with Crippen molar-refractivity contribution in [3.8, 4) is 5.75 Å². The summed E-state index contributed by atoms with van der Waals surface area (Å²) in [5.41, 5.74) is 3.16. The lowest BCUT2D eigenvalue weighted by molar-refractivity contribution is 0.186. The number of piperidine rings is 1. The minimum absolute atomic E-state index is 0.112. The molecular weight excluding hydrogens is 671 g/mol. The van der Waals surface area contributed by atoms with Crippen molar-refractivity contribution in [2.75, 3.05) is 29.9 Å². The van der Waals surface area contributed by atoms with E-state index in [-0.39, 0.29) is 23.6 Å². The number of nitrogens with zero attached hydrogens (tertiary/aromatic N) is 5. The van der Waals surface area contributed by atoms with E-state index in [9.17, 15) is 4.79 Å². The summed E-state index contributed by atoms with van der Waals surface area (Å²) in [7, 11) is -1.88. The Hall–Kier alpha value is -3.90. The van der Waals surface area contributed by atoms with Gasteiger partial charge in [0.1, 0.15) is 17.6 Å². The smallest absolute Gasteiger partial charge is 0.320 e. The molecule has 0 spiro atoms. The van der Waals surface area contributed by atoms with E-state index in [1.54, 1.807) is 6.07 Å². The number of anilines is 2. The van der Waals surface area contributed by atoms with Crippen molar-refractivity contribution < 1.29 is 18.5 Å². The molecule has 12 heteroatoms. The number of amides is 2. The number of urea groups is 1. The minimum Gasteiger partial charge on any atom is -0.489 e. The third-order valence-electron chi connectivity index (χ3n) is 10.8. The minimum atomic E-state index is -1.88. The van der Waals surface area contributed by atoms with Crippen LogP contribution in [0.25, 0.3) is 5.65 Å². The van der Waals surface area contributed by atoms with E-state index in [4.69, 9.17) is 13.7 Å². The van der Waals surface area contributed by atoms with Crippen LogP contribution in [0.5, 0.6) is 5.75 Å². The maximum atomic E-state index is 13.0. The second-order valence-electron chi connectivity index (χ2n) is 16.5. The molecule has 284 valence electrons. The van der Waals surface area contributed by atoms with E-state index in [2.05, 4.69) is 85.1 Å². The van der Waals surface area contributed by atoms with Crippen LogP contribution in [-0.2, 0) is 9.84 Å². The predicted octanol–water partition coefficient (Wildman–Crippen LogP) is 9.21. The van der Waals surface area contributed by atoms with Crippen molar-refractivity contribution in [3.05, 3.63) is 66.6 Å². The highest BCUT2D eigenvalue weighted by Crippen LogP contribution is 2.43. The molecule has 0 unspecified atom stereocenters. The molecule has 2 N–H and O–H groups in total. The van der Waals surface area contributed by atoms with E-state index in [1.165, 1.54) is 0 Å². The monoisotopic (exact) mass is 731 g/mol. The molecule has 2 atom stereocenters. The Labute approximate surface area is 311 Å². The molecule has 2 amide bonds. The zero-order chi connectivity index (χ0) is 37.6. The van der Waals surface area contributed by atoms with E-state index in [0.29, 0.717) is 47.0 Å². The molecule has 1 aliphatic heterocycles. The Morgan fingerprint density at radius 2 is 1.73 bits per heavy atom. The average molecular weight is 732 g/mol.